The maximum absolute atomic E-state index is 12.0. The zero-order chi connectivity index (χ0) is 14.9. The van der Waals surface area contributed by atoms with Gasteiger partial charge in [-0.25, -0.2) is 9.78 Å². The molecule has 0 fully saturated rings. The van der Waals surface area contributed by atoms with E-state index in [1.165, 1.54) is 22.7 Å². The van der Waals surface area contributed by atoms with Crippen LogP contribution in [0, 0.1) is 0 Å². The molecule has 0 saturated carbocycles. The number of thiophene rings is 1. The summed E-state index contributed by atoms with van der Waals surface area (Å²) in [6.45, 7) is 0.484. The summed E-state index contributed by atoms with van der Waals surface area (Å²) in [5.41, 5.74) is 1.85. The number of hydrogen-bond acceptors (Lipinski definition) is 5. The van der Waals surface area contributed by atoms with E-state index < -0.39 is 0 Å². The predicted octanol–water partition coefficient (Wildman–Crippen LogP) is 4.41. The lowest BCUT2D eigenvalue weighted by molar-refractivity contribution is 0.262. The van der Waals surface area contributed by atoms with Crippen LogP contribution >= 0.6 is 22.7 Å². The van der Waals surface area contributed by atoms with Gasteiger partial charge in [-0.05, 0) is 29.6 Å². The minimum atomic E-state index is -0.289. The molecule has 3 heterocycles. The number of aromatic nitrogens is 1. The Labute approximate surface area is 134 Å². The van der Waals surface area contributed by atoms with E-state index in [-0.39, 0.29) is 6.03 Å². The lowest BCUT2D eigenvalue weighted by Crippen LogP contribution is -2.18. The molecule has 0 unspecified atom stereocenters. The Morgan fingerprint density at radius 3 is 2.95 bits per heavy atom. The van der Waals surface area contributed by atoms with Crippen molar-refractivity contribution >= 4 is 38.8 Å². The normalized spacial score (nSPS) is 12.0. The summed E-state index contributed by atoms with van der Waals surface area (Å²) in [5, 5.41) is 8.83. The SMILES string of the molecule is O=C(Nc1cccs1)Nc1nc2c(s1)COc1ccccc1-2. The van der Waals surface area contributed by atoms with Gasteiger partial charge < -0.3 is 4.74 Å². The second-order valence-corrected chi connectivity index (χ2v) is 6.66. The van der Waals surface area contributed by atoms with Crippen LogP contribution in [-0.2, 0) is 6.61 Å². The molecule has 1 aliphatic rings. The Bertz CT molecular complexity index is 827. The fraction of sp³-hybridized carbons (Fsp3) is 0.0667. The van der Waals surface area contributed by atoms with E-state index in [2.05, 4.69) is 15.6 Å². The molecule has 0 atom stereocenters. The Kier molecular flexibility index (Phi) is 3.28. The number of hydrogen-bond donors (Lipinski definition) is 2. The fourth-order valence-electron chi connectivity index (χ4n) is 2.23. The van der Waals surface area contributed by atoms with E-state index in [9.17, 15) is 4.79 Å². The number of carbonyl (C=O) groups is 1. The summed E-state index contributed by atoms with van der Waals surface area (Å²) in [4.78, 5) is 17.5. The van der Waals surface area contributed by atoms with Crippen LogP contribution in [0.4, 0.5) is 14.9 Å². The minimum absolute atomic E-state index is 0.289. The molecule has 22 heavy (non-hydrogen) atoms. The predicted molar refractivity (Wildman–Crippen MR) is 88.8 cm³/mol. The number of urea groups is 1. The minimum Gasteiger partial charge on any atom is -0.487 e. The lowest BCUT2D eigenvalue weighted by Gasteiger charge is -2.15. The second-order valence-electron chi connectivity index (χ2n) is 4.63. The van der Waals surface area contributed by atoms with Crippen molar-refractivity contribution in [2.45, 2.75) is 6.61 Å². The third kappa shape index (κ3) is 2.44. The van der Waals surface area contributed by atoms with Gasteiger partial charge in [0.05, 0.1) is 15.6 Å². The van der Waals surface area contributed by atoms with Crippen LogP contribution in [0.1, 0.15) is 4.88 Å². The molecule has 2 aromatic heterocycles. The maximum Gasteiger partial charge on any atom is 0.326 e. The average molecular weight is 329 g/mol. The number of rotatable bonds is 2. The van der Waals surface area contributed by atoms with Gasteiger partial charge in [0.25, 0.3) is 0 Å². The number of carbonyl (C=O) groups excluding carboxylic acids is 1. The van der Waals surface area contributed by atoms with Gasteiger partial charge in [-0.3, -0.25) is 10.6 Å². The Morgan fingerprint density at radius 1 is 1.18 bits per heavy atom. The van der Waals surface area contributed by atoms with Crippen LogP contribution in [0.5, 0.6) is 5.75 Å². The Morgan fingerprint density at radius 2 is 2.09 bits per heavy atom. The number of anilines is 2. The molecule has 0 spiro atoms. The zero-order valence-electron chi connectivity index (χ0n) is 11.3. The first kappa shape index (κ1) is 13.3. The maximum atomic E-state index is 12.0. The molecule has 4 rings (SSSR count). The molecule has 0 radical (unpaired) electrons. The molecule has 0 saturated heterocycles. The number of benzene rings is 1. The average Bonchev–Trinajstić information content (AvgIpc) is 3.16. The smallest absolute Gasteiger partial charge is 0.326 e. The summed E-state index contributed by atoms with van der Waals surface area (Å²) < 4.78 is 5.70. The van der Waals surface area contributed by atoms with E-state index in [0.717, 1.165) is 26.9 Å². The second kappa shape index (κ2) is 5.43. The molecule has 3 aromatic rings. The molecule has 7 heteroatoms. The van der Waals surface area contributed by atoms with Crippen molar-refractivity contribution in [1.29, 1.82) is 0 Å². The highest BCUT2D eigenvalue weighted by atomic mass is 32.1. The Hall–Kier alpha value is -2.38. The first-order chi connectivity index (χ1) is 10.8. The first-order valence-corrected chi connectivity index (χ1v) is 8.32. The molecule has 0 aliphatic carbocycles. The van der Waals surface area contributed by atoms with E-state index >= 15 is 0 Å². The van der Waals surface area contributed by atoms with Gasteiger partial charge >= 0.3 is 6.03 Å². The number of ether oxygens (including phenoxy) is 1. The fourth-order valence-corrected chi connectivity index (χ4v) is 3.73. The molecule has 5 nitrogen and oxygen atoms in total. The number of thiazole rings is 1. The zero-order valence-corrected chi connectivity index (χ0v) is 13.0. The Balaban J connectivity index is 1.56. The topological polar surface area (TPSA) is 63.2 Å². The number of nitrogens with one attached hydrogen (secondary N) is 2. The van der Waals surface area contributed by atoms with Gasteiger partial charge in [0, 0.05) is 5.56 Å². The van der Waals surface area contributed by atoms with Crippen molar-refractivity contribution in [3.05, 3.63) is 46.7 Å². The summed E-state index contributed by atoms with van der Waals surface area (Å²) in [6, 6.07) is 11.2. The third-order valence-electron chi connectivity index (χ3n) is 3.18. The lowest BCUT2D eigenvalue weighted by atomic mass is 10.1. The quantitative estimate of drug-likeness (QED) is 0.732. The van der Waals surface area contributed by atoms with Crippen molar-refractivity contribution < 1.29 is 9.53 Å². The highest BCUT2D eigenvalue weighted by Crippen LogP contribution is 2.40. The van der Waals surface area contributed by atoms with Crippen LogP contribution in [0.3, 0.4) is 0 Å². The summed E-state index contributed by atoms with van der Waals surface area (Å²) in [5.74, 6) is 0.829. The van der Waals surface area contributed by atoms with Crippen molar-refractivity contribution in [2.24, 2.45) is 0 Å². The van der Waals surface area contributed by atoms with Crippen molar-refractivity contribution in [3.8, 4) is 17.0 Å². The van der Waals surface area contributed by atoms with Gasteiger partial charge in [0.1, 0.15) is 12.4 Å². The van der Waals surface area contributed by atoms with Gasteiger partial charge in [-0.15, -0.1) is 11.3 Å². The van der Waals surface area contributed by atoms with E-state index in [1.807, 2.05) is 41.8 Å². The first-order valence-electron chi connectivity index (χ1n) is 6.63. The van der Waals surface area contributed by atoms with Gasteiger partial charge in [0.2, 0.25) is 0 Å². The van der Waals surface area contributed by atoms with Crippen LogP contribution in [-0.4, -0.2) is 11.0 Å². The number of fused-ring (bicyclic) bond motifs is 3. The largest absolute Gasteiger partial charge is 0.487 e. The molecular weight excluding hydrogens is 318 g/mol. The van der Waals surface area contributed by atoms with Crippen LogP contribution in [0.25, 0.3) is 11.3 Å². The van der Waals surface area contributed by atoms with Crippen molar-refractivity contribution in [2.75, 3.05) is 10.6 Å². The van der Waals surface area contributed by atoms with Gasteiger partial charge in [0.15, 0.2) is 5.13 Å². The molecule has 1 aromatic carbocycles. The van der Waals surface area contributed by atoms with Crippen molar-refractivity contribution in [1.82, 2.24) is 4.98 Å². The summed E-state index contributed by atoms with van der Waals surface area (Å²) in [7, 11) is 0. The third-order valence-corrected chi connectivity index (χ3v) is 4.91. The van der Waals surface area contributed by atoms with Crippen LogP contribution in [0.2, 0.25) is 0 Å². The van der Waals surface area contributed by atoms with E-state index in [1.54, 1.807) is 0 Å². The molecule has 2 amide bonds. The summed E-state index contributed by atoms with van der Waals surface area (Å²) >= 11 is 2.91. The number of nitrogens with zero attached hydrogens (tertiary/aromatic N) is 1. The number of amides is 2. The van der Waals surface area contributed by atoms with Gasteiger partial charge in [-0.2, -0.15) is 0 Å². The molecule has 0 bridgehead atoms. The number of para-hydroxylation sites is 1. The van der Waals surface area contributed by atoms with Crippen molar-refractivity contribution in [3.63, 3.8) is 0 Å². The molecule has 110 valence electrons. The van der Waals surface area contributed by atoms with Crippen LogP contribution in [0.15, 0.2) is 41.8 Å². The molecular formula is C15H11N3O2S2. The summed E-state index contributed by atoms with van der Waals surface area (Å²) in [6.07, 6.45) is 0. The highest BCUT2D eigenvalue weighted by Gasteiger charge is 2.22. The molecule has 1 aliphatic heterocycles. The van der Waals surface area contributed by atoms with E-state index in [0.29, 0.717) is 11.7 Å². The monoisotopic (exact) mass is 329 g/mol. The van der Waals surface area contributed by atoms with E-state index in [4.69, 9.17) is 4.74 Å². The standard InChI is InChI=1S/C15H11N3O2S2/c19-14(16-12-6-3-7-21-12)18-15-17-13-9-4-1-2-5-10(9)20-8-11(13)22-15/h1-7H,8H2,(H2,16,17,18,19). The van der Waals surface area contributed by atoms with Gasteiger partial charge in [-0.1, -0.05) is 23.5 Å². The molecule has 2 N–H and O–H groups in total. The van der Waals surface area contributed by atoms with Crippen LogP contribution < -0.4 is 15.4 Å². The highest BCUT2D eigenvalue weighted by molar-refractivity contribution is 7.16.